The Bertz CT molecular complexity index is 1400. The molecule has 0 spiro atoms. The van der Waals surface area contributed by atoms with Crippen molar-refractivity contribution in [2.75, 3.05) is 23.3 Å². The van der Waals surface area contributed by atoms with Crippen molar-refractivity contribution in [3.8, 4) is 5.69 Å². The lowest BCUT2D eigenvalue weighted by molar-refractivity contribution is -0.146. The Hall–Kier alpha value is -3.74. The van der Waals surface area contributed by atoms with Gasteiger partial charge in [-0.3, -0.25) is 9.36 Å². The number of H-pyrrole nitrogens is 1. The van der Waals surface area contributed by atoms with Gasteiger partial charge < -0.3 is 15.2 Å². The fraction of sp³-hybridized carbons (Fsp3) is 0.286. The van der Waals surface area contributed by atoms with Crippen LogP contribution in [0.2, 0.25) is 0 Å². The van der Waals surface area contributed by atoms with E-state index in [0.29, 0.717) is 46.7 Å². The lowest BCUT2D eigenvalue weighted by Gasteiger charge is -2.32. The van der Waals surface area contributed by atoms with Crippen LogP contribution >= 0.6 is 12.2 Å². The number of amides is 1. The summed E-state index contributed by atoms with van der Waals surface area (Å²) in [6.45, 7) is 0.969. The number of carbonyl (C=O) groups excluding carboxylic acids is 1. The van der Waals surface area contributed by atoms with Gasteiger partial charge in [0.15, 0.2) is 10.4 Å². The molecule has 34 heavy (non-hydrogen) atoms. The number of aromatic nitrogens is 6. The molecular weight excluding hydrogens is 469 g/mol. The van der Waals surface area contributed by atoms with E-state index in [4.69, 9.17) is 12.2 Å². The number of imidazole rings is 1. The largest absolute Gasteiger partial charge is 0.453 e. The van der Waals surface area contributed by atoms with Crippen LogP contribution in [0, 0.1) is 10.7 Å². The number of rotatable bonds is 4. The van der Waals surface area contributed by atoms with Crippen LogP contribution in [0.5, 0.6) is 0 Å². The SMILES string of the molecule is O=C(Nc1cccc(-n2cc[nH]c2=S)c1)C1CCN(c2ccc3nnc(C(F)(F)F)n3n2)CC1. The molecule has 0 atom stereocenters. The third kappa shape index (κ3) is 4.25. The summed E-state index contributed by atoms with van der Waals surface area (Å²) in [7, 11) is 0. The number of nitrogens with one attached hydrogen (secondary N) is 2. The van der Waals surface area contributed by atoms with Crippen LogP contribution in [-0.2, 0) is 11.0 Å². The zero-order chi connectivity index (χ0) is 23.9. The molecule has 9 nitrogen and oxygen atoms in total. The molecule has 0 aliphatic carbocycles. The molecule has 2 N–H and O–H groups in total. The number of fused-ring (bicyclic) bond motifs is 1. The van der Waals surface area contributed by atoms with Crippen LogP contribution < -0.4 is 10.2 Å². The zero-order valence-electron chi connectivity index (χ0n) is 17.7. The van der Waals surface area contributed by atoms with Gasteiger partial charge in [-0.15, -0.1) is 15.3 Å². The average Bonchev–Trinajstić information content (AvgIpc) is 3.45. The Labute approximate surface area is 196 Å². The van der Waals surface area contributed by atoms with Crippen molar-refractivity contribution in [2.24, 2.45) is 5.92 Å². The van der Waals surface area contributed by atoms with E-state index < -0.39 is 12.0 Å². The summed E-state index contributed by atoms with van der Waals surface area (Å²) >= 11 is 5.24. The second kappa shape index (κ2) is 8.56. The molecule has 1 saturated heterocycles. The molecule has 0 saturated carbocycles. The van der Waals surface area contributed by atoms with E-state index in [1.165, 1.54) is 6.07 Å². The fourth-order valence-electron chi connectivity index (χ4n) is 4.00. The summed E-state index contributed by atoms with van der Waals surface area (Å²) in [5.41, 5.74) is 1.51. The van der Waals surface area contributed by atoms with Gasteiger partial charge in [0.25, 0.3) is 5.82 Å². The number of aromatic amines is 1. The number of piperidine rings is 1. The number of alkyl halides is 3. The summed E-state index contributed by atoms with van der Waals surface area (Å²) in [5, 5.41) is 13.8. The van der Waals surface area contributed by atoms with Crippen LogP contribution in [0.4, 0.5) is 24.7 Å². The standard InChI is InChI=1S/C21H19F3N8OS/c22-21(23,24)19-28-27-16-4-5-17(29-32(16)19)30-9-6-13(7-10-30)18(33)26-14-2-1-3-15(12-14)31-11-8-25-20(31)34/h1-5,8,11-13H,6-7,9-10H2,(H,25,34)(H,26,33). The van der Waals surface area contributed by atoms with E-state index in [-0.39, 0.29) is 17.5 Å². The molecule has 0 unspecified atom stereocenters. The second-order valence-corrected chi connectivity index (χ2v) is 8.31. The molecule has 1 fully saturated rings. The van der Waals surface area contributed by atoms with E-state index in [1.807, 2.05) is 35.4 Å². The molecule has 1 aliphatic heterocycles. The van der Waals surface area contributed by atoms with Crippen LogP contribution in [0.25, 0.3) is 11.3 Å². The van der Waals surface area contributed by atoms with Gasteiger partial charge in [0.2, 0.25) is 5.91 Å². The molecule has 4 aromatic rings. The van der Waals surface area contributed by atoms with Crippen LogP contribution in [-0.4, -0.2) is 48.4 Å². The Morgan fingerprint density at radius 1 is 1.15 bits per heavy atom. The number of anilines is 2. The van der Waals surface area contributed by atoms with Crippen molar-refractivity contribution >= 4 is 35.3 Å². The van der Waals surface area contributed by atoms with E-state index in [1.54, 1.807) is 16.8 Å². The maximum absolute atomic E-state index is 13.1. The highest BCUT2D eigenvalue weighted by molar-refractivity contribution is 7.71. The minimum atomic E-state index is -4.65. The van der Waals surface area contributed by atoms with E-state index in [0.717, 1.165) is 5.69 Å². The van der Waals surface area contributed by atoms with Gasteiger partial charge in [-0.2, -0.15) is 17.7 Å². The third-order valence-electron chi connectivity index (χ3n) is 5.73. The molecule has 176 valence electrons. The zero-order valence-corrected chi connectivity index (χ0v) is 18.5. The maximum Gasteiger partial charge on any atom is 0.453 e. The quantitative estimate of drug-likeness (QED) is 0.424. The topological polar surface area (TPSA) is 96.1 Å². The summed E-state index contributed by atoms with van der Waals surface area (Å²) in [4.78, 5) is 17.6. The molecular formula is C21H19F3N8OS. The molecule has 5 rings (SSSR count). The first-order chi connectivity index (χ1) is 16.3. The smallest absolute Gasteiger partial charge is 0.355 e. The fourth-order valence-corrected chi connectivity index (χ4v) is 4.23. The summed E-state index contributed by atoms with van der Waals surface area (Å²) < 4.78 is 42.5. The average molecular weight is 488 g/mol. The predicted octanol–water partition coefficient (Wildman–Crippen LogP) is 3.85. The van der Waals surface area contributed by atoms with Gasteiger partial charge in [-0.1, -0.05) is 6.07 Å². The number of hydrogen-bond acceptors (Lipinski definition) is 6. The van der Waals surface area contributed by atoms with E-state index >= 15 is 0 Å². The van der Waals surface area contributed by atoms with Crippen molar-refractivity contribution < 1.29 is 18.0 Å². The van der Waals surface area contributed by atoms with Crippen molar-refractivity contribution in [3.05, 3.63) is 59.4 Å². The molecule has 1 aliphatic rings. The lowest BCUT2D eigenvalue weighted by Crippen LogP contribution is -2.38. The predicted molar refractivity (Wildman–Crippen MR) is 120 cm³/mol. The molecule has 1 aromatic carbocycles. The minimum Gasteiger partial charge on any atom is -0.355 e. The number of benzene rings is 1. The number of hydrogen-bond donors (Lipinski definition) is 2. The molecule has 0 radical (unpaired) electrons. The van der Waals surface area contributed by atoms with Crippen molar-refractivity contribution in [1.29, 1.82) is 0 Å². The van der Waals surface area contributed by atoms with Gasteiger partial charge in [0.1, 0.15) is 5.82 Å². The Morgan fingerprint density at radius 3 is 2.65 bits per heavy atom. The van der Waals surface area contributed by atoms with Gasteiger partial charge in [0, 0.05) is 42.8 Å². The first kappa shape index (κ1) is 22.1. The number of halogens is 3. The van der Waals surface area contributed by atoms with Crippen molar-refractivity contribution in [2.45, 2.75) is 19.0 Å². The minimum absolute atomic E-state index is 0.0218. The normalized spacial score (nSPS) is 15.1. The highest BCUT2D eigenvalue weighted by Gasteiger charge is 2.38. The highest BCUT2D eigenvalue weighted by atomic mass is 32.1. The summed E-state index contributed by atoms with van der Waals surface area (Å²) in [6, 6.07) is 10.4. The highest BCUT2D eigenvalue weighted by Crippen LogP contribution is 2.29. The molecule has 0 bridgehead atoms. The third-order valence-corrected chi connectivity index (χ3v) is 6.05. The Balaban J connectivity index is 1.25. The number of carbonyl (C=O) groups is 1. The lowest BCUT2D eigenvalue weighted by atomic mass is 9.96. The summed E-state index contributed by atoms with van der Waals surface area (Å²) in [5.74, 6) is -1.11. The van der Waals surface area contributed by atoms with Gasteiger partial charge in [-0.25, -0.2) is 0 Å². The molecule has 4 heterocycles. The van der Waals surface area contributed by atoms with Crippen molar-refractivity contribution in [1.82, 2.24) is 29.4 Å². The molecule has 13 heteroatoms. The first-order valence-electron chi connectivity index (χ1n) is 10.5. The van der Waals surface area contributed by atoms with E-state index in [9.17, 15) is 18.0 Å². The maximum atomic E-state index is 13.1. The first-order valence-corrected chi connectivity index (χ1v) is 10.9. The van der Waals surface area contributed by atoms with Crippen molar-refractivity contribution in [3.63, 3.8) is 0 Å². The van der Waals surface area contributed by atoms with Gasteiger partial charge in [-0.05, 0) is 55.4 Å². The Morgan fingerprint density at radius 2 is 1.94 bits per heavy atom. The van der Waals surface area contributed by atoms with Crippen LogP contribution in [0.3, 0.4) is 0 Å². The second-order valence-electron chi connectivity index (χ2n) is 7.92. The monoisotopic (exact) mass is 488 g/mol. The van der Waals surface area contributed by atoms with Crippen LogP contribution in [0.15, 0.2) is 48.8 Å². The van der Waals surface area contributed by atoms with Gasteiger partial charge in [0.05, 0.1) is 0 Å². The van der Waals surface area contributed by atoms with E-state index in [2.05, 4.69) is 25.6 Å². The molecule has 3 aromatic heterocycles. The number of nitrogens with zero attached hydrogens (tertiary/aromatic N) is 6. The summed E-state index contributed by atoms with van der Waals surface area (Å²) in [6.07, 6.45) is -0.0200. The van der Waals surface area contributed by atoms with Gasteiger partial charge >= 0.3 is 6.18 Å². The molecule has 1 amide bonds. The Kier molecular flexibility index (Phi) is 5.55. The van der Waals surface area contributed by atoms with Crippen LogP contribution in [0.1, 0.15) is 18.7 Å².